The third-order valence-electron chi connectivity index (χ3n) is 3.49. The largest absolute Gasteiger partial charge is 0.309 e. The van der Waals surface area contributed by atoms with E-state index in [1.165, 1.54) is 41.3 Å². The first-order chi connectivity index (χ1) is 7.65. The number of thiazole rings is 1. The van der Waals surface area contributed by atoms with Gasteiger partial charge in [0.2, 0.25) is 0 Å². The Bertz CT molecular complexity index is 346. The Morgan fingerprint density at radius 2 is 2.19 bits per heavy atom. The summed E-state index contributed by atoms with van der Waals surface area (Å²) >= 11 is 1.83. The van der Waals surface area contributed by atoms with E-state index >= 15 is 0 Å². The predicted octanol–water partition coefficient (Wildman–Crippen LogP) is 3.43. The fraction of sp³-hybridized carbons (Fsp3) is 0.769. The maximum Gasteiger partial charge on any atom is 0.0900 e. The normalized spacial score (nSPS) is 25.9. The average Bonchev–Trinajstić information content (AvgIpc) is 2.54. The van der Waals surface area contributed by atoms with Crippen molar-refractivity contribution in [1.29, 1.82) is 0 Å². The number of rotatable bonds is 3. The number of aryl methyl sites for hydroxylation is 2. The first-order valence-corrected chi connectivity index (χ1v) is 7.13. The van der Waals surface area contributed by atoms with Crippen LogP contribution in [0.4, 0.5) is 0 Å². The van der Waals surface area contributed by atoms with Gasteiger partial charge in [-0.3, -0.25) is 0 Å². The van der Waals surface area contributed by atoms with Crippen LogP contribution in [-0.4, -0.2) is 11.0 Å². The second-order valence-corrected chi connectivity index (χ2v) is 6.38. The Labute approximate surface area is 102 Å². The highest BCUT2D eigenvalue weighted by Crippen LogP contribution is 2.24. The number of nitrogens with zero attached hydrogens (tertiary/aromatic N) is 1. The molecule has 0 spiro atoms. The summed E-state index contributed by atoms with van der Waals surface area (Å²) in [5.41, 5.74) is 1.21. The fourth-order valence-corrected chi connectivity index (χ4v) is 3.48. The van der Waals surface area contributed by atoms with Crippen LogP contribution in [0.3, 0.4) is 0 Å². The van der Waals surface area contributed by atoms with E-state index < -0.39 is 0 Å². The van der Waals surface area contributed by atoms with Crippen molar-refractivity contribution in [1.82, 2.24) is 10.3 Å². The molecular weight excluding hydrogens is 216 g/mol. The maximum absolute atomic E-state index is 4.47. The van der Waals surface area contributed by atoms with E-state index in [0.717, 1.165) is 18.5 Å². The molecule has 3 heteroatoms. The molecule has 0 amide bonds. The van der Waals surface area contributed by atoms with Crippen molar-refractivity contribution in [3.8, 4) is 0 Å². The first-order valence-electron chi connectivity index (χ1n) is 6.31. The minimum absolute atomic E-state index is 0.727. The second-order valence-electron chi connectivity index (χ2n) is 5.09. The van der Waals surface area contributed by atoms with Gasteiger partial charge in [-0.05, 0) is 32.6 Å². The summed E-state index contributed by atoms with van der Waals surface area (Å²) in [6, 6.07) is 0.727. The van der Waals surface area contributed by atoms with Gasteiger partial charge in [0, 0.05) is 17.5 Å². The van der Waals surface area contributed by atoms with Crippen molar-refractivity contribution in [2.45, 2.75) is 59.0 Å². The van der Waals surface area contributed by atoms with Crippen LogP contribution in [0, 0.1) is 19.8 Å². The van der Waals surface area contributed by atoms with Crippen molar-refractivity contribution in [3.05, 3.63) is 15.6 Å². The Hall–Kier alpha value is -0.410. The summed E-state index contributed by atoms with van der Waals surface area (Å²) in [7, 11) is 0. The molecule has 2 atom stereocenters. The lowest BCUT2D eigenvalue weighted by Crippen LogP contribution is -2.32. The lowest BCUT2D eigenvalue weighted by Gasteiger charge is -2.27. The van der Waals surface area contributed by atoms with E-state index in [1.807, 2.05) is 11.3 Å². The summed E-state index contributed by atoms with van der Waals surface area (Å²) in [6.07, 6.45) is 5.49. The van der Waals surface area contributed by atoms with Gasteiger partial charge in [0.15, 0.2) is 0 Å². The van der Waals surface area contributed by atoms with Crippen molar-refractivity contribution in [2.75, 3.05) is 0 Å². The van der Waals surface area contributed by atoms with E-state index in [4.69, 9.17) is 0 Å². The molecule has 1 aromatic heterocycles. The molecule has 1 fully saturated rings. The molecule has 2 unspecified atom stereocenters. The highest BCUT2D eigenvalue weighted by atomic mass is 32.1. The Morgan fingerprint density at radius 3 is 2.81 bits per heavy atom. The van der Waals surface area contributed by atoms with Crippen LogP contribution in [0.15, 0.2) is 0 Å². The van der Waals surface area contributed by atoms with Gasteiger partial charge in [0.25, 0.3) is 0 Å². The summed E-state index contributed by atoms with van der Waals surface area (Å²) < 4.78 is 0. The summed E-state index contributed by atoms with van der Waals surface area (Å²) in [4.78, 5) is 5.88. The van der Waals surface area contributed by atoms with Gasteiger partial charge in [-0.1, -0.05) is 19.8 Å². The van der Waals surface area contributed by atoms with Gasteiger partial charge in [-0.25, -0.2) is 4.98 Å². The Kier molecular flexibility index (Phi) is 3.98. The molecule has 1 aromatic rings. The SMILES string of the molecule is Cc1nc(C)c(CNC2CCCC(C)C2)s1. The summed E-state index contributed by atoms with van der Waals surface area (Å²) in [5.74, 6) is 0.899. The van der Waals surface area contributed by atoms with Gasteiger partial charge in [-0.15, -0.1) is 11.3 Å². The average molecular weight is 238 g/mol. The topological polar surface area (TPSA) is 24.9 Å². The zero-order valence-electron chi connectivity index (χ0n) is 10.5. The van der Waals surface area contributed by atoms with Crippen LogP contribution >= 0.6 is 11.3 Å². The van der Waals surface area contributed by atoms with E-state index in [2.05, 4.69) is 31.1 Å². The minimum atomic E-state index is 0.727. The molecule has 0 radical (unpaired) electrons. The van der Waals surface area contributed by atoms with Crippen LogP contribution in [0.2, 0.25) is 0 Å². The van der Waals surface area contributed by atoms with Gasteiger partial charge in [0.05, 0.1) is 10.7 Å². The molecule has 90 valence electrons. The Morgan fingerprint density at radius 1 is 1.38 bits per heavy atom. The molecule has 0 aliphatic heterocycles. The van der Waals surface area contributed by atoms with Crippen molar-refractivity contribution in [3.63, 3.8) is 0 Å². The lowest BCUT2D eigenvalue weighted by atomic mass is 9.87. The van der Waals surface area contributed by atoms with E-state index in [9.17, 15) is 0 Å². The third kappa shape index (κ3) is 3.05. The molecule has 1 heterocycles. The number of hydrogen-bond acceptors (Lipinski definition) is 3. The molecule has 1 saturated carbocycles. The summed E-state index contributed by atoms with van der Waals surface area (Å²) in [6.45, 7) is 7.58. The lowest BCUT2D eigenvalue weighted by molar-refractivity contribution is 0.301. The van der Waals surface area contributed by atoms with Crippen molar-refractivity contribution >= 4 is 11.3 Å². The molecule has 0 saturated heterocycles. The molecule has 2 rings (SSSR count). The Balaban J connectivity index is 1.85. The van der Waals surface area contributed by atoms with Crippen LogP contribution in [-0.2, 0) is 6.54 Å². The predicted molar refractivity (Wildman–Crippen MR) is 69.8 cm³/mol. The van der Waals surface area contributed by atoms with E-state index in [0.29, 0.717) is 0 Å². The monoisotopic (exact) mass is 238 g/mol. The van der Waals surface area contributed by atoms with Crippen LogP contribution < -0.4 is 5.32 Å². The molecule has 1 aliphatic rings. The molecule has 2 nitrogen and oxygen atoms in total. The highest BCUT2D eigenvalue weighted by molar-refractivity contribution is 7.11. The fourth-order valence-electron chi connectivity index (χ4n) is 2.59. The zero-order chi connectivity index (χ0) is 11.5. The summed E-state index contributed by atoms with van der Waals surface area (Å²) in [5, 5.41) is 4.88. The van der Waals surface area contributed by atoms with Crippen LogP contribution in [0.1, 0.15) is 48.2 Å². The minimum Gasteiger partial charge on any atom is -0.309 e. The van der Waals surface area contributed by atoms with Gasteiger partial charge in [-0.2, -0.15) is 0 Å². The van der Waals surface area contributed by atoms with Crippen molar-refractivity contribution in [2.24, 2.45) is 5.92 Å². The number of hydrogen-bond donors (Lipinski definition) is 1. The maximum atomic E-state index is 4.47. The number of nitrogens with one attached hydrogen (secondary N) is 1. The van der Waals surface area contributed by atoms with Crippen molar-refractivity contribution < 1.29 is 0 Å². The van der Waals surface area contributed by atoms with Gasteiger partial charge >= 0.3 is 0 Å². The van der Waals surface area contributed by atoms with E-state index in [1.54, 1.807) is 0 Å². The molecule has 1 aliphatic carbocycles. The third-order valence-corrected chi connectivity index (χ3v) is 4.56. The quantitative estimate of drug-likeness (QED) is 0.872. The number of aromatic nitrogens is 1. The molecule has 0 bridgehead atoms. The second kappa shape index (κ2) is 5.28. The standard InChI is InChI=1S/C13H22N2S/c1-9-5-4-6-12(7-9)14-8-13-10(2)15-11(3)16-13/h9,12,14H,4-8H2,1-3H3. The molecular formula is C13H22N2S. The smallest absolute Gasteiger partial charge is 0.0900 e. The first kappa shape index (κ1) is 12.1. The molecule has 16 heavy (non-hydrogen) atoms. The van der Waals surface area contributed by atoms with Crippen LogP contribution in [0.5, 0.6) is 0 Å². The highest BCUT2D eigenvalue weighted by Gasteiger charge is 2.18. The molecule has 1 N–H and O–H groups in total. The van der Waals surface area contributed by atoms with Gasteiger partial charge in [0.1, 0.15) is 0 Å². The van der Waals surface area contributed by atoms with Gasteiger partial charge < -0.3 is 5.32 Å². The van der Waals surface area contributed by atoms with Crippen LogP contribution in [0.25, 0.3) is 0 Å². The molecule has 0 aromatic carbocycles. The van der Waals surface area contributed by atoms with E-state index in [-0.39, 0.29) is 0 Å². The zero-order valence-corrected chi connectivity index (χ0v) is 11.4.